The van der Waals surface area contributed by atoms with Crippen LogP contribution in [-0.2, 0) is 10.0 Å². The van der Waals surface area contributed by atoms with E-state index < -0.39 is 10.0 Å². The number of amides is 2. The summed E-state index contributed by atoms with van der Waals surface area (Å²) in [5.74, 6) is -0.387. The molecule has 0 unspecified atom stereocenters. The van der Waals surface area contributed by atoms with Crippen molar-refractivity contribution in [1.82, 2.24) is 19.2 Å². The van der Waals surface area contributed by atoms with Crippen molar-refractivity contribution in [2.75, 3.05) is 31.5 Å². The van der Waals surface area contributed by atoms with E-state index in [0.29, 0.717) is 22.3 Å². The molecule has 0 aliphatic carbocycles. The van der Waals surface area contributed by atoms with E-state index >= 15 is 0 Å². The van der Waals surface area contributed by atoms with Gasteiger partial charge in [-0.15, -0.1) is 0 Å². The predicted molar refractivity (Wildman–Crippen MR) is 124 cm³/mol. The first-order chi connectivity index (χ1) is 16.4. The number of hydrogen-bond donors (Lipinski definition) is 2. The van der Waals surface area contributed by atoms with Gasteiger partial charge in [0.25, 0.3) is 11.8 Å². The summed E-state index contributed by atoms with van der Waals surface area (Å²) in [7, 11) is -3.72. The van der Waals surface area contributed by atoms with Gasteiger partial charge in [-0.25, -0.2) is 13.4 Å². The molecule has 0 saturated carbocycles. The second-order valence-electron chi connectivity index (χ2n) is 7.76. The number of anilines is 1. The largest absolute Gasteiger partial charge is 0.459 e. The SMILES string of the molecule is O=C(Nc1ccc(C(=O)N2CCN(S(=O)(=O)c3c[nH]c4ncccc34)CC2)cc1)c1ccco1. The maximum atomic E-state index is 13.2. The number of nitrogens with one attached hydrogen (secondary N) is 2. The predicted octanol–water partition coefficient (Wildman–Crippen LogP) is 2.55. The van der Waals surface area contributed by atoms with Crippen molar-refractivity contribution >= 4 is 38.6 Å². The van der Waals surface area contributed by atoms with Crippen molar-refractivity contribution in [3.05, 3.63) is 78.5 Å². The van der Waals surface area contributed by atoms with Gasteiger partial charge in [0.2, 0.25) is 10.0 Å². The number of aromatic nitrogens is 2. The van der Waals surface area contributed by atoms with E-state index in [-0.39, 0.29) is 48.6 Å². The Balaban J connectivity index is 1.22. The molecule has 3 aromatic heterocycles. The zero-order valence-electron chi connectivity index (χ0n) is 18.0. The van der Waals surface area contributed by atoms with Gasteiger partial charge in [0.05, 0.1) is 6.26 Å². The number of piperazine rings is 1. The summed E-state index contributed by atoms with van der Waals surface area (Å²) in [6.07, 6.45) is 4.47. The highest BCUT2D eigenvalue weighted by molar-refractivity contribution is 7.89. The second kappa shape index (κ2) is 8.76. The molecule has 2 amide bonds. The first kappa shape index (κ1) is 21.9. The summed E-state index contributed by atoms with van der Waals surface area (Å²) in [4.78, 5) is 33.8. The van der Waals surface area contributed by atoms with Gasteiger partial charge in [-0.05, 0) is 48.5 Å². The van der Waals surface area contributed by atoms with Crippen molar-refractivity contribution in [3.63, 3.8) is 0 Å². The van der Waals surface area contributed by atoms with Crippen LogP contribution in [0.25, 0.3) is 11.0 Å². The van der Waals surface area contributed by atoms with Crippen LogP contribution in [0, 0.1) is 0 Å². The van der Waals surface area contributed by atoms with Gasteiger partial charge in [0.15, 0.2) is 5.76 Å². The molecule has 1 aromatic carbocycles. The summed E-state index contributed by atoms with van der Waals surface area (Å²) in [6, 6.07) is 13.1. The first-order valence-electron chi connectivity index (χ1n) is 10.6. The molecule has 1 saturated heterocycles. The summed E-state index contributed by atoms with van der Waals surface area (Å²) >= 11 is 0. The molecule has 0 atom stereocenters. The van der Waals surface area contributed by atoms with Crippen molar-refractivity contribution in [2.45, 2.75) is 4.90 Å². The van der Waals surface area contributed by atoms with Crippen molar-refractivity contribution < 1.29 is 22.4 Å². The number of pyridine rings is 1. The monoisotopic (exact) mass is 479 g/mol. The highest BCUT2D eigenvalue weighted by Crippen LogP contribution is 2.25. The number of fused-ring (bicyclic) bond motifs is 1. The highest BCUT2D eigenvalue weighted by Gasteiger charge is 2.32. The van der Waals surface area contributed by atoms with Crippen LogP contribution < -0.4 is 5.32 Å². The van der Waals surface area contributed by atoms with E-state index in [9.17, 15) is 18.0 Å². The maximum absolute atomic E-state index is 13.2. The van der Waals surface area contributed by atoms with Crippen LogP contribution in [0.1, 0.15) is 20.9 Å². The molecule has 0 bridgehead atoms. The third-order valence-corrected chi connectivity index (χ3v) is 7.63. The minimum Gasteiger partial charge on any atom is -0.459 e. The molecule has 1 fully saturated rings. The number of H-pyrrole nitrogens is 1. The van der Waals surface area contributed by atoms with Gasteiger partial charge in [-0.2, -0.15) is 4.31 Å². The van der Waals surface area contributed by atoms with Gasteiger partial charge in [-0.1, -0.05) is 0 Å². The number of carbonyl (C=O) groups is 2. The first-order valence-corrected chi connectivity index (χ1v) is 12.0. The van der Waals surface area contributed by atoms with E-state index in [1.54, 1.807) is 59.6 Å². The van der Waals surface area contributed by atoms with Crippen LogP contribution in [0.3, 0.4) is 0 Å². The van der Waals surface area contributed by atoms with Crippen LogP contribution in [-0.4, -0.2) is 65.6 Å². The number of furan rings is 1. The van der Waals surface area contributed by atoms with Crippen molar-refractivity contribution in [3.8, 4) is 0 Å². The lowest BCUT2D eigenvalue weighted by molar-refractivity contribution is 0.0698. The lowest BCUT2D eigenvalue weighted by atomic mass is 10.1. The van der Waals surface area contributed by atoms with E-state index in [0.717, 1.165) is 0 Å². The number of aromatic amines is 1. The van der Waals surface area contributed by atoms with Crippen molar-refractivity contribution in [2.24, 2.45) is 0 Å². The topological polar surface area (TPSA) is 129 Å². The highest BCUT2D eigenvalue weighted by atomic mass is 32.2. The minimum atomic E-state index is -3.72. The van der Waals surface area contributed by atoms with Gasteiger partial charge in [-0.3, -0.25) is 9.59 Å². The number of benzene rings is 1. The standard InChI is InChI=1S/C23H21N5O5S/c29-22(19-4-2-14-33-19)26-17-7-5-16(6-8-17)23(30)27-10-12-28(13-11-27)34(31,32)20-15-25-21-18(20)3-1-9-24-21/h1-9,14-15H,10-13H2,(H,24,25)(H,26,29). The quantitative estimate of drug-likeness (QED) is 0.453. The number of hydrogen-bond acceptors (Lipinski definition) is 6. The smallest absolute Gasteiger partial charge is 0.291 e. The third kappa shape index (κ3) is 4.06. The van der Waals surface area contributed by atoms with E-state index in [1.165, 1.54) is 16.8 Å². The van der Waals surface area contributed by atoms with Crippen LogP contribution >= 0.6 is 0 Å². The molecule has 174 valence electrons. The Morgan fingerprint density at radius 3 is 2.47 bits per heavy atom. The van der Waals surface area contributed by atoms with Crippen LogP contribution in [0.15, 0.2) is 76.5 Å². The molecule has 0 radical (unpaired) electrons. The molecule has 4 heterocycles. The number of rotatable bonds is 5. The zero-order valence-corrected chi connectivity index (χ0v) is 18.8. The molecular formula is C23H21N5O5S. The molecule has 10 nitrogen and oxygen atoms in total. The molecular weight excluding hydrogens is 458 g/mol. The van der Waals surface area contributed by atoms with Crippen LogP contribution in [0.2, 0.25) is 0 Å². The van der Waals surface area contributed by atoms with E-state index in [1.807, 2.05) is 0 Å². The van der Waals surface area contributed by atoms with E-state index in [4.69, 9.17) is 4.42 Å². The van der Waals surface area contributed by atoms with Crippen molar-refractivity contribution in [1.29, 1.82) is 0 Å². The Morgan fingerprint density at radius 2 is 1.76 bits per heavy atom. The number of nitrogens with zero attached hydrogens (tertiary/aromatic N) is 3. The Bertz CT molecular complexity index is 1440. The Kier molecular flexibility index (Phi) is 5.64. The van der Waals surface area contributed by atoms with Gasteiger partial charge in [0, 0.05) is 55.2 Å². The molecule has 11 heteroatoms. The molecule has 4 aromatic rings. The number of carbonyl (C=O) groups excluding carboxylic acids is 2. The molecule has 5 rings (SSSR count). The fourth-order valence-corrected chi connectivity index (χ4v) is 5.47. The molecule has 1 aliphatic heterocycles. The molecule has 34 heavy (non-hydrogen) atoms. The normalized spacial score (nSPS) is 14.9. The third-order valence-electron chi connectivity index (χ3n) is 5.69. The molecule has 2 N–H and O–H groups in total. The average Bonchev–Trinajstić information content (AvgIpc) is 3.55. The fraction of sp³-hybridized carbons (Fsp3) is 0.174. The van der Waals surface area contributed by atoms with Gasteiger partial charge in [0.1, 0.15) is 10.5 Å². The fourth-order valence-electron chi connectivity index (χ4n) is 3.89. The van der Waals surface area contributed by atoms with Crippen LogP contribution in [0.4, 0.5) is 5.69 Å². The summed E-state index contributed by atoms with van der Waals surface area (Å²) in [5, 5.41) is 3.24. The Hall–Kier alpha value is -3.96. The molecule has 0 spiro atoms. The minimum absolute atomic E-state index is 0.183. The maximum Gasteiger partial charge on any atom is 0.291 e. The second-order valence-corrected chi connectivity index (χ2v) is 9.66. The van der Waals surface area contributed by atoms with E-state index in [2.05, 4.69) is 15.3 Å². The average molecular weight is 480 g/mol. The van der Waals surface area contributed by atoms with Gasteiger partial charge < -0.3 is 19.6 Å². The number of sulfonamides is 1. The van der Waals surface area contributed by atoms with Crippen LogP contribution in [0.5, 0.6) is 0 Å². The lowest BCUT2D eigenvalue weighted by Gasteiger charge is -2.34. The summed E-state index contributed by atoms with van der Waals surface area (Å²) in [6.45, 7) is 0.932. The Labute approximate surface area is 195 Å². The summed E-state index contributed by atoms with van der Waals surface area (Å²) in [5.41, 5.74) is 1.50. The Morgan fingerprint density at radius 1 is 1.00 bits per heavy atom. The zero-order chi connectivity index (χ0) is 23.7. The summed E-state index contributed by atoms with van der Waals surface area (Å²) < 4.78 is 32.8. The van der Waals surface area contributed by atoms with Gasteiger partial charge >= 0.3 is 0 Å². The molecule has 1 aliphatic rings. The lowest BCUT2D eigenvalue weighted by Crippen LogP contribution is -2.50.